The van der Waals surface area contributed by atoms with Crippen LogP contribution >= 0.6 is 0 Å². The first-order chi connectivity index (χ1) is 22.4. The van der Waals surface area contributed by atoms with Crippen molar-refractivity contribution in [2.24, 2.45) is 0 Å². The van der Waals surface area contributed by atoms with Crippen LogP contribution in [0.1, 0.15) is 71.9 Å². The summed E-state index contributed by atoms with van der Waals surface area (Å²) < 4.78 is 0. The maximum absolute atomic E-state index is 13.8. The van der Waals surface area contributed by atoms with Gasteiger partial charge in [-0.25, -0.2) is 4.79 Å². The van der Waals surface area contributed by atoms with Gasteiger partial charge in [-0.2, -0.15) is 0 Å². The topological polar surface area (TPSA) is 64.2 Å². The van der Waals surface area contributed by atoms with Crippen LogP contribution in [0.15, 0.2) is 107 Å². The average molecular weight is 631 g/mol. The molecule has 1 saturated carbocycles. The lowest BCUT2D eigenvalue weighted by Crippen LogP contribution is -2.53. The fourth-order valence-corrected chi connectivity index (χ4v) is 7.94. The summed E-state index contributed by atoms with van der Waals surface area (Å²) >= 11 is 0. The van der Waals surface area contributed by atoms with Crippen LogP contribution in [0.2, 0.25) is 0 Å². The number of benzene rings is 2. The number of allylic oxidation sites excluding steroid dienone is 9. The molecular weight excluding hydrogens is 584 g/mol. The number of hydrogen-bond donors (Lipinski definition) is 0. The van der Waals surface area contributed by atoms with E-state index in [1.54, 1.807) is 0 Å². The molecule has 0 N–H and O–H groups in total. The van der Waals surface area contributed by atoms with Gasteiger partial charge in [0, 0.05) is 60.8 Å². The minimum absolute atomic E-state index is 0.0613. The molecular formula is C40H46N4O3. The van der Waals surface area contributed by atoms with Gasteiger partial charge in [0.05, 0.1) is 0 Å². The van der Waals surface area contributed by atoms with Gasteiger partial charge < -0.3 is 9.80 Å². The third kappa shape index (κ3) is 4.98. The zero-order valence-electron chi connectivity index (χ0n) is 29.0. The number of hydrogen-bond acceptors (Lipinski definition) is 5. The molecule has 244 valence electrons. The second-order valence-electron chi connectivity index (χ2n) is 13.9. The lowest BCUT2D eigenvalue weighted by molar-refractivity contribution is -0.134. The van der Waals surface area contributed by atoms with Crippen molar-refractivity contribution in [1.82, 2.24) is 9.80 Å². The molecule has 4 amide bonds. The Morgan fingerprint density at radius 2 is 1.02 bits per heavy atom. The third-order valence-electron chi connectivity index (χ3n) is 10.5. The van der Waals surface area contributed by atoms with Crippen LogP contribution in [0, 0.1) is 0 Å². The molecule has 3 aliphatic heterocycles. The fraction of sp³-hybridized carbons (Fsp3) is 0.375. The molecule has 2 fully saturated rings. The summed E-state index contributed by atoms with van der Waals surface area (Å²) in [7, 11) is 2.89. The second kappa shape index (κ2) is 11.9. The van der Waals surface area contributed by atoms with Crippen LogP contribution in [-0.2, 0) is 20.4 Å². The van der Waals surface area contributed by atoms with Crippen molar-refractivity contribution in [1.29, 1.82) is 0 Å². The fourth-order valence-electron chi connectivity index (χ4n) is 7.94. The normalized spacial score (nSPS) is 24.0. The molecule has 6 rings (SSSR count). The Morgan fingerprint density at radius 1 is 0.617 bits per heavy atom. The van der Waals surface area contributed by atoms with E-state index in [0.717, 1.165) is 53.3 Å². The second-order valence-corrected chi connectivity index (χ2v) is 13.9. The summed E-state index contributed by atoms with van der Waals surface area (Å²) in [6.07, 6.45) is 10.9. The highest BCUT2D eigenvalue weighted by molar-refractivity contribution is 6.29. The highest BCUT2D eigenvalue weighted by Gasteiger charge is 2.43. The van der Waals surface area contributed by atoms with Crippen LogP contribution in [0.5, 0.6) is 0 Å². The van der Waals surface area contributed by atoms with E-state index >= 15 is 0 Å². The maximum Gasteiger partial charge on any atom is 0.333 e. The average Bonchev–Trinajstić information content (AvgIpc) is 3.43. The molecule has 0 unspecified atom stereocenters. The number of fused-ring (bicyclic) bond motifs is 2. The SMILES string of the molecule is CCN1/C(=C/C=C2\CCC/C(=C\C=C3\N(CC)c4ccccc4C3(C)C)C2=C2C(=O)N(C)C(=O)N(C)C2=O)C(C)(C)c2ccccc21. The largest absolute Gasteiger partial charge is 0.344 e. The Balaban J connectivity index is 1.53. The summed E-state index contributed by atoms with van der Waals surface area (Å²) in [5.41, 5.74) is 9.47. The van der Waals surface area contributed by atoms with Gasteiger partial charge in [-0.15, -0.1) is 0 Å². The van der Waals surface area contributed by atoms with Crippen molar-refractivity contribution in [2.45, 2.75) is 71.6 Å². The van der Waals surface area contributed by atoms with Crippen LogP contribution in [0.25, 0.3) is 0 Å². The Hall–Kier alpha value is -4.65. The summed E-state index contributed by atoms with van der Waals surface area (Å²) in [6.45, 7) is 14.9. The molecule has 0 bridgehead atoms. The van der Waals surface area contributed by atoms with Gasteiger partial charge in [-0.1, -0.05) is 76.2 Å². The van der Waals surface area contributed by atoms with Crippen LogP contribution < -0.4 is 9.80 Å². The van der Waals surface area contributed by atoms with E-state index in [4.69, 9.17) is 0 Å². The number of para-hydroxylation sites is 2. The van der Waals surface area contributed by atoms with Gasteiger partial charge in [0.15, 0.2) is 0 Å². The molecule has 2 aromatic rings. The standard InChI is InChI=1S/C40H46N4O3/c1-9-43-30-20-13-11-18-28(30)39(3,4)32(43)24-22-26-16-15-17-27(34(26)35-36(45)41(7)38(47)42(8)37(35)46)23-25-33-40(5,6)29-19-12-14-21-31(29)44(33)10-2/h11-14,18-25H,9-10,15-17H2,1-8H3/b26-22+,27-23+,32-24+,33-25+. The minimum atomic E-state index is -0.617. The summed E-state index contributed by atoms with van der Waals surface area (Å²) in [5, 5.41) is 0. The van der Waals surface area contributed by atoms with Crippen LogP contribution in [0.4, 0.5) is 16.2 Å². The van der Waals surface area contributed by atoms with Crippen molar-refractivity contribution >= 4 is 29.2 Å². The molecule has 4 aliphatic rings. The molecule has 1 aliphatic carbocycles. The number of rotatable bonds is 4. The first kappa shape index (κ1) is 32.3. The zero-order chi connectivity index (χ0) is 33.8. The molecule has 2 aromatic carbocycles. The van der Waals surface area contributed by atoms with E-state index < -0.39 is 17.8 Å². The van der Waals surface area contributed by atoms with Crippen molar-refractivity contribution < 1.29 is 14.4 Å². The lowest BCUT2D eigenvalue weighted by Gasteiger charge is -2.33. The number of carbonyl (C=O) groups excluding carboxylic acids is 3. The summed E-state index contributed by atoms with van der Waals surface area (Å²) in [5.74, 6) is -1.11. The number of carbonyl (C=O) groups is 3. The quantitative estimate of drug-likeness (QED) is 0.255. The lowest BCUT2D eigenvalue weighted by atomic mass is 9.79. The van der Waals surface area contributed by atoms with Gasteiger partial charge in [0.2, 0.25) is 0 Å². The Labute approximate surface area is 279 Å². The van der Waals surface area contributed by atoms with Gasteiger partial charge in [0.1, 0.15) is 5.57 Å². The Kier molecular flexibility index (Phi) is 8.15. The van der Waals surface area contributed by atoms with Crippen LogP contribution in [-0.4, -0.2) is 54.8 Å². The number of nitrogens with zero attached hydrogens (tertiary/aromatic N) is 4. The first-order valence-corrected chi connectivity index (χ1v) is 16.8. The predicted molar refractivity (Wildman–Crippen MR) is 189 cm³/mol. The van der Waals surface area contributed by atoms with Gasteiger partial charge in [-0.05, 0) is 85.2 Å². The van der Waals surface area contributed by atoms with Crippen molar-refractivity contribution in [3.05, 3.63) is 118 Å². The summed E-state index contributed by atoms with van der Waals surface area (Å²) in [4.78, 5) is 47.2. The first-order valence-electron chi connectivity index (χ1n) is 16.8. The maximum atomic E-state index is 13.8. The number of amides is 4. The molecule has 0 spiro atoms. The number of imide groups is 2. The number of likely N-dealkylation sites (N-methyl/N-ethyl adjacent to an activating group) is 4. The number of urea groups is 1. The number of anilines is 2. The third-order valence-corrected chi connectivity index (χ3v) is 10.5. The van der Waals surface area contributed by atoms with Gasteiger partial charge in [0.25, 0.3) is 11.8 Å². The monoisotopic (exact) mass is 630 g/mol. The van der Waals surface area contributed by atoms with Crippen molar-refractivity contribution in [3.8, 4) is 0 Å². The highest BCUT2D eigenvalue weighted by atomic mass is 16.2. The summed E-state index contributed by atoms with van der Waals surface area (Å²) in [6, 6.07) is 16.4. The zero-order valence-corrected chi connectivity index (χ0v) is 29.0. The minimum Gasteiger partial charge on any atom is -0.344 e. The molecule has 47 heavy (non-hydrogen) atoms. The highest BCUT2D eigenvalue weighted by Crippen LogP contribution is 2.49. The van der Waals surface area contributed by atoms with Crippen molar-refractivity contribution in [2.75, 3.05) is 37.0 Å². The molecule has 0 aromatic heterocycles. The molecule has 1 saturated heterocycles. The van der Waals surface area contributed by atoms with E-state index in [9.17, 15) is 14.4 Å². The Morgan fingerprint density at radius 3 is 1.43 bits per heavy atom. The van der Waals surface area contributed by atoms with E-state index in [0.29, 0.717) is 5.57 Å². The molecule has 7 nitrogen and oxygen atoms in total. The van der Waals surface area contributed by atoms with Gasteiger partial charge >= 0.3 is 6.03 Å². The van der Waals surface area contributed by atoms with Crippen molar-refractivity contribution in [3.63, 3.8) is 0 Å². The molecule has 3 heterocycles. The van der Waals surface area contributed by atoms with E-state index in [1.807, 2.05) is 0 Å². The predicted octanol–water partition coefficient (Wildman–Crippen LogP) is 7.77. The number of barbiturate groups is 1. The molecule has 0 atom stereocenters. The van der Waals surface area contributed by atoms with E-state index in [1.165, 1.54) is 48.0 Å². The van der Waals surface area contributed by atoms with Gasteiger partial charge in [-0.3, -0.25) is 19.4 Å². The van der Waals surface area contributed by atoms with E-state index in [-0.39, 0.29) is 16.4 Å². The smallest absolute Gasteiger partial charge is 0.333 e. The van der Waals surface area contributed by atoms with E-state index in [2.05, 4.69) is 124 Å². The molecule has 0 radical (unpaired) electrons. The Bertz CT molecular complexity index is 1710. The molecule has 7 heteroatoms. The van der Waals surface area contributed by atoms with Crippen LogP contribution in [0.3, 0.4) is 0 Å².